The number of carbonyl (C=O) groups excluding carboxylic acids is 1. The molecule has 0 atom stereocenters. The Balaban J connectivity index is 1.64. The molecule has 1 aliphatic rings. The van der Waals surface area contributed by atoms with E-state index in [-0.39, 0.29) is 30.8 Å². The van der Waals surface area contributed by atoms with Crippen LogP contribution in [0.15, 0.2) is 53.4 Å². The van der Waals surface area contributed by atoms with Gasteiger partial charge in [-0.15, -0.1) is 0 Å². The van der Waals surface area contributed by atoms with Gasteiger partial charge in [0.1, 0.15) is 11.4 Å². The third kappa shape index (κ3) is 4.66. The maximum Gasteiger partial charge on any atom is 0.256 e. The molecule has 2 aromatic rings. The number of amides is 1. The van der Waals surface area contributed by atoms with Gasteiger partial charge in [-0.1, -0.05) is 26.0 Å². The fourth-order valence-corrected chi connectivity index (χ4v) is 4.86. The zero-order valence-electron chi connectivity index (χ0n) is 17.5. The highest BCUT2D eigenvalue weighted by molar-refractivity contribution is 7.89. The summed E-state index contributed by atoms with van der Waals surface area (Å²) in [5.41, 5.74) is 0.151. The first-order valence-corrected chi connectivity index (χ1v) is 11.4. The van der Waals surface area contributed by atoms with Gasteiger partial charge in [-0.2, -0.15) is 4.31 Å². The second-order valence-corrected chi connectivity index (χ2v) is 9.78. The Hall–Kier alpha value is -2.42. The molecule has 30 heavy (non-hydrogen) atoms. The topological polar surface area (TPSA) is 95.9 Å². The summed E-state index contributed by atoms with van der Waals surface area (Å²) in [4.78, 5) is 12.8. The molecule has 0 saturated carbocycles. The summed E-state index contributed by atoms with van der Waals surface area (Å²) in [6.45, 7) is 4.29. The molecule has 0 unspecified atom stereocenters. The summed E-state index contributed by atoms with van der Waals surface area (Å²) < 4.78 is 32.1. The number of benzene rings is 2. The molecule has 1 amide bonds. The molecule has 1 heterocycles. The first-order chi connectivity index (χ1) is 14.2. The highest BCUT2D eigenvalue weighted by atomic mass is 32.2. The summed E-state index contributed by atoms with van der Waals surface area (Å²) in [7, 11) is -2.19. The quantitative estimate of drug-likeness (QED) is 0.732. The van der Waals surface area contributed by atoms with Crippen LogP contribution in [-0.4, -0.2) is 49.5 Å². The third-order valence-corrected chi connectivity index (χ3v) is 7.42. The van der Waals surface area contributed by atoms with E-state index in [1.807, 2.05) is 12.1 Å². The normalized spacial score (nSPS) is 17.0. The average Bonchev–Trinajstić information content (AvgIpc) is 2.74. The van der Waals surface area contributed by atoms with E-state index in [1.54, 1.807) is 24.3 Å². The lowest BCUT2D eigenvalue weighted by molar-refractivity contribution is -0.137. The number of methoxy groups -OCH3 is 1. The average molecular weight is 433 g/mol. The minimum atomic E-state index is -3.70. The molecule has 8 heteroatoms. The van der Waals surface area contributed by atoms with E-state index < -0.39 is 21.5 Å². The van der Waals surface area contributed by atoms with Crippen LogP contribution in [0.1, 0.15) is 38.2 Å². The molecular formula is C22H28N2O5S. The van der Waals surface area contributed by atoms with Crippen LogP contribution in [0.4, 0.5) is 5.69 Å². The number of carbonyl (C=O) groups is 1. The Morgan fingerprint density at radius 1 is 1.07 bits per heavy atom. The molecule has 7 nitrogen and oxygen atoms in total. The van der Waals surface area contributed by atoms with Crippen molar-refractivity contribution in [3.63, 3.8) is 0 Å². The molecule has 1 saturated heterocycles. The minimum absolute atomic E-state index is 0.0261. The Morgan fingerprint density at radius 2 is 1.63 bits per heavy atom. The number of piperidine rings is 1. The lowest BCUT2D eigenvalue weighted by Crippen LogP contribution is -2.52. The Kier molecular flexibility index (Phi) is 6.50. The molecule has 0 aliphatic carbocycles. The molecule has 0 radical (unpaired) electrons. The van der Waals surface area contributed by atoms with Crippen LogP contribution in [0.3, 0.4) is 0 Å². The predicted octanol–water partition coefficient (Wildman–Crippen LogP) is 2.97. The van der Waals surface area contributed by atoms with Gasteiger partial charge in [0.15, 0.2) is 0 Å². The number of rotatable bonds is 6. The van der Waals surface area contributed by atoms with Gasteiger partial charge in [0.05, 0.1) is 12.0 Å². The molecule has 2 N–H and O–H groups in total. The van der Waals surface area contributed by atoms with Crippen LogP contribution in [0.2, 0.25) is 0 Å². The smallest absolute Gasteiger partial charge is 0.256 e. The lowest BCUT2D eigenvalue weighted by Gasteiger charge is -2.36. The Labute approximate surface area is 177 Å². The summed E-state index contributed by atoms with van der Waals surface area (Å²) >= 11 is 0. The molecule has 162 valence electrons. The van der Waals surface area contributed by atoms with Gasteiger partial charge in [-0.3, -0.25) is 4.79 Å². The van der Waals surface area contributed by atoms with E-state index in [0.717, 1.165) is 5.56 Å². The molecule has 0 aromatic heterocycles. The van der Waals surface area contributed by atoms with E-state index in [2.05, 4.69) is 19.2 Å². The van der Waals surface area contributed by atoms with Crippen molar-refractivity contribution < 1.29 is 23.1 Å². The van der Waals surface area contributed by atoms with Crippen LogP contribution < -0.4 is 10.1 Å². The van der Waals surface area contributed by atoms with Gasteiger partial charge in [0.2, 0.25) is 10.0 Å². The number of hydrogen-bond acceptors (Lipinski definition) is 5. The van der Waals surface area contributed by atoms with Gasteiger partial charge in [0, 0.05) is 18.8 Å². The van der Waals surface area contributed by atoms with Gasteiger partial charge in [-0.05, 0) is 60.7 Å². The van der Waals surface area contributed by atoms with E-state index in [4.69, 9.17) is 4.74 Å². The fraction of sp³-hybridized carbons (Fsp3) is 0.409. The molecule has 0 bridgehead atoms. The van der Waals surface area contributed by atoms with Crippen molar-refractivity contribution in [1.29, 1.82) is 0 Å². The third-order valence-electron chi connectivity index (χ3n) is 5.50. The number of anilines is 1. The van der Waals surface area contributed by atoms with Crippen LogP contribution in [-0.2, 0) is 14.8 Å². The van der Waals surface area contributed by atoms with Gasteiger partial charge >= 0.3 is 0 Å². The van der Waals surface area contributed by atoms with E-state index in [0.29, 0.717) is 17.4 Å². The maximum atomic E-state index is 12.8. The number of sulfonamides is 1. The fourth-order valence-electron chi connectivity index (χ4n) is 3.42. The zero-order valence-corrected chi connectivity index (χ0v) is 18.3. The van der Waals surface area contributed by atoms with Crippen molar-refractivity contribution in [3.05, 3.63) is 54.1 Å². The van der Waals surface area contributed by atoms with Crippen LogP contribution >= 0.6 is 0 Å². The van der Waals surface area contributed by atoms with Crippen LogP contribution in [0.25, 0.3) is 0 Å². The van der Waals surface area contributed by atoms with Gasteiger partial charge < -0.3 is 15.2 Å². The number of aliphatic hydroxyl groups is 1. The van der Waals surface area contributed by atoms with Crippen molar-refractivity contribution in [2.24, 2.45) is 0 Å². The minimum Gasteiger partial charge on any atom is -0.497 e. The maximum absolute atomic E-state index is 12.8. The molecule has 1 fully saturated rings. The number of ether oxygens (including phenoxy) is 1. The summed E-state index contributed by atoms with van der Waals surface area (Å²) in [5.74, 6) is 0.442. The second-order valence-electron chi connectivity index (χ2n) is 7.84. The van der Waals surface area contributed by atoms with Gasteiger partial charge in [-0.25, -0.2) is 8.42 Å². The first-order valence-electron chi connectivity index (χ1n) is 9.94. The van der Waals surface area contributed by atoms with Crippen molar-refractivity contribution in [2.75, 3.05) is 25.5 Å². The monoisotopic (exact) mass is 432 g/mol. The van der Waals surface area contributed by atoms with Crippen molar-refractivity contribution in [3.8, 4) is 5.75 Å². The molecule has 0 spiro atoms. The predicted molar refractivity (Wildman–Crippen MR) is 115 cm³/mol. The van der Waals surface area contributed by atoms with Crippen LogP contribution in [0, 0.1) is 0 Å². The standard InChI is InChI=1S/C22H28N2O5S/c1-16(2)17-4-6-18(7-5-17)23-21(25)22(26)12-14-24(15-13-22)30(27,28)20-10-8-19(29-3)9-11-20/h4-11,16,26H,12-15H2,1-3H3,(H,23,25). The first kappa shape index (κ1) is 22.3. The largest absolute Gasteiger partial charge is 0.497 e. The molecule has 2 aromatic carbocycles. The highest BCUT2D eigenvalue weighted by Crippen LogP contribution is 2.29. The van der Waals surface area contributed by atoms with Crippen molar-refractivity contribution >= 4 is 21.6 Å². The number of nitrogens with one attached hydrogen (secondary N) is 1. The Morgan fingerprint density at radius 3 is 2.13 bits per heavy atom. The zero-order chi connectivity index (χ0) is 21.9. The summed E-state index contributed by atoms with van der Waals surface area (Å²) in [6.07, 6.45) is 0.0522. The van der Waals surface area contributed by atoms with Crippen molar-refractivity contribution in [2.45, 2.75) is 43.1 Å². The van der Waals surface area contributed by atoms with Gasteiger partial charge in [0.25, 0.3) is 5.91 Å². The van der Waals surface area contributed by atoms with E-state index in [1.165, 1.54) is 23.5 Å². The molecular weight excluding hydrogens is 404 g/mol. The number of nitrogens with zero attached hydrogens (tertiary/aromatic N) is 1. The lowest BCUT2D eigenvalue weighted by atomic mass is 9.91. The Bertz CT molecular complexity index is 977. The van der Waals surface area contributed by atoms with Crippen molar-refractivity contribution in [1.82, 2.24) is 4.31 Å². The molecule has 3 rings (SSSR count). The summed E-state index contributed by atoms with van der Waals surface area (Å²) in [6, 6.07) is 13.6. The second kappa shape index (κ2) is 8.75. The van der Waals surface area contributed by atoms with Crippen LogP contribution in [0.5, 0.6) is 5.75 Å². The molecule has 1 aliphatic heterocycles. The van der Waals surface area contributed by atoms with E-state index >= 15 is 0 Å². The summed E-state index contributed by atoms with van der Waals surface area (Å²) in [5, 5.41) is 13.6. The SMILES string of the molecule is COc1ccc(S(=O)(=O)N2CCC(O)(C(=O)Nc3ccc(C(C)C)cc3)CC2)cc1. The van der Waals surface area contributed by atoms with E-state index in [9.17, 15) is 18.3 Å². The highest BCUT2D eigenvalue weighted by Gasteiger charge is 2.42. The number of hydrogen-bond donors (Lipinski definition) is 2.